The third-order valence-corrected chi connectivity index (χ3v) is 4.40. The molecule has 2 aromatic carbocycles. The zero-order chi connectivity index (χ0) is 20.9. The Morgan fingerprint density at radius 1 is 1.07 bits per heavy atom. The molecule has 28 heavy (non-hydrogen) atoms. The predicted octanol–water partition coefficient (Wildman–Crippen LogP) is 4.32. The van der Waals surface area contributed by atoms with Crippen LogP contribution in [0.5, 0.6) is 0 Å². The second kappa shape index (κ2) is 9.38. The van der Waals surface area contributed by atoms with Gasteiger partial charge in [0.2, 0.25) is 3.79 Å². The molecule has 0 fully saturated rings. The number of rotatable bonds is 5. The SMILES string of the molecule is Cc1ccc(C(=O)N[C@@H](NC(=S)Nc2ccc([N+](=O)[O-])cc2)C(Cl)(Cl)Cl)cc1. The molecule has 0 aliphatic carbocycles. The number of amides is 1. The molecule has 0 bridgehead atoms. The predicted molar refractivity (Wildman–Crippen MR) is 115 cm³/mol. The lowest BCUT2D eigenvalue weighted by atomic mass is 10.1. The number of halogens is 3. The van der Waals surface area contributed by atoms with Gasteiger partial charge in [-0.3, -0.25) is 14.9 Å². The summed E-state index contributed by atoms with van der Waals surface area (Å²) in [5.41, 5.74) is 1.81. The molecule has 0 radical (unpaired) electrons. The quantitative estimate of drug-likeness (QED) is 0.202. The Morgan fingerprint density at radius 3 is 2.14 bits per heavy atom. The lowest BCUT2D eigenvalue weighted by Crippen LogP contribution is -2.56. The minimum Gasteiger partial charge on any atom is -0.339 e. The van der Waals surface area contributed by atoms with Gasteiger partial charge in [0.1, 0.15) is 6.17 Å². The van der Waals surface area contributed by atoms with Gasteiger partial charge >= 0.3 is 0 Å². The minimum atomic E-state index is -1.90. The molecule has 2 aromatic rings. The number of hydrogen-bond acceptors (Lipinski definition) is 4. The Labute approximate surface area is 181 Å². The molecule has 0 unspecified atom stereocenters. The number of carbonyl (C=O) groups excluding carboxylic acids is 1. The number of nitrogens with zero attached hydrogens (tertiary/aromatic N) is 1. The van der Waals surface area contributed by atoms with E-state index in [1.54, 1.807) is 24.3 Å². The summed E-state index contributed by atoms with van der Waals surface area (Å²) in [6.07, 6.45) is -1.13. The second-order valence-electron chi connectivity index (χ2n) is 5.72. The van der Waals surface area contributed by atoms with E-state index in [9.17, 15) is 14.9 Å². The monoisotopic (exact) mass is 460 g/mol. The first-order valence-electron chi connectivity index (χ1n) is 7.82. The first kappa shape index (κ1) is 22.2. The maximum atomic E-state index is 12.4. The van der Waals surface area contributed by atoms with Crippen LogP contribution in [0.25, 0.3) is 0 Å². The summed E-state index contributed by atoms with van der Waals surface area (Å²) in [6, 6.07) is 12.4. The Hall–Kier alpha value is -2.13. The first-order chi connectivity index (χ1) is 13.1. The fourth-order valence-electron chi connectivity index (χ4n) is 2.08. The van der Waals surface area contributed by atoms with E-state index in [0.717, 1.165) is 5.56 Å². The number of hydrogen-bond donors (Lipinski definition) is 3. The molecular weight excluding hydrogens is 447 g/mol. The van der Waals surface area contributed by atoms with Crippen molar-refractivity contribution in [1.82, 2.24) is 10.6 Å². The lowest BCUT2D eigenvalue weighted by molar-refractivity contribution is -0.384. The topological polar surface area (TPSA) is 96.3 Å². The molecule has 0 aromatic heterocycles. The zero-order valence-electron chi connectivity index (χ0n) is 14.4. The smallest absolute Gasteiger partial charge is 0.269 e. The van der Waals surface area contributed by atoms with E-state index in [1.807, 2.05) is 6.92 Å². The van der Waals surface area contributed by atoms with Gasteiger partial charge in [0.15, 0.2) is 5.11 Å². The normalized spacial score (nSPS) is 12.0. The highest BCUT2D eigenvalue weighted by atomic mass is 35.6. The van der Waals surface area contributed by atoms with E-state index in [4.69, 9.17) is 47.0 Å². The molecule has 0 aliphatic heterocycles. The number of nitro benzene ring substituents is 1. The number of nitro groups is 1. The van der Waals surface area contributed by atoms with Crippen molar-refractivity contribution in [2.75, 3.05) is 5.32 Å². The summed E-state index contributed by atoms with van der Waals surface area (Å²) in [5, 5.41) is 18.8. The van der Waals surface area contributed by atoms with Crippen LogP contribution >= 0.6 is 47.0 Å². The van der Waals surface area contributed by atoms with E-state index >= 15 is 0 Å². The van der Waals surface area contributed by atoms with Crippen molar-refractivity contribution >= 4 is 69.4 Å². The maximum absolute atomic E-state index is 12.4. The molecule has 2 rings (SSSR count). The molecule has 0 aliphatic rings. The van der Waals surface area contributed by atoms with Crippen molar-refractivity contribution in [3.05, 3.63) is 69.8 Å². The fraction of sp³-hybridized carbons (Fsp3) is 0.176. The fourth-order valence-corrected chi connectivity index (χ4v) is 2.65. The van der Waals surface area contributed by atoms with Crippen molar-refractivity contribution in [1.29, 1.82) is 0 Å². The van der Waals surface area contributed by atoms with Crippen molar-refractivity contribution in [2.45, 2.75) is 16.9 Å². The molecule has 0 saturated heterocycles. The molecular formula is C17H15Cl3N4O3S. The van der Waals surface area contributed by atoms with E-state index in [1.165, 1.54) is 24.3 Å². The number of carbonyl (C=O) groups is 1. The van der Waals surface area contributed by atoms with Crippen LogP contribution < -0.4 is 16.0 Å². The molecule has 0 spiro atoms. The number of non-ortho nitro benzene ring substituents is 1. The van der Waals surface area contributed by atoms with Crippen LogP contribution in [-0.2, 0) is 0 Å². The van der Waals surface area contributed by atoms with Gasteiger partial charge in [-0.05, 0) is 43.4 Å². The van der Waals surface area contributed by atoms with Gasteiger partial charge in [-0.2, -0.15) is 0 Å². The van der Waals surface area contributed by atoms with Gasteiger partial charge in [-0.25, -0.2) is 0 Å². The second-order valence-corrected chi connectivity index (χ2v) is 8.49. The standard InChI is InChI=1S/C17H15Cl3N4O3S/c1-10-2-4-11(5-3-10)14(25)22-15(17(18,19)20)23-16(28)21-12-6-8-13(9-7-12)24(26)27/h2-9,15H,1H3,(H,22,25)(H2,21,23,28)/t15-/m0/s1. The molecule has 3 N–H and O–H groups in total. The zero-order valence-corrected chi connectivity index (χ0v) is 17.5. The summed E-state index contributed by atoms with van der Waals surface area (Å²) in [4.78, 5) is 22.6. The molecule has 7 nitrogen and oxygen atoms in total. The number of aryl methyl sites for hydroxylation is 1. The Morgan fingerprint density at radius 2 is 1.64 bits per heavy atom. The van der Waals surface area contributed by atoms with Gasteiger partial charge in [-0.15, -0.1) is 0 Å². The van der Waals surface area contributed by atoms with Crippen molar-refractivity contribution in [3.63, 3.8) is 0 Å². The van der Waals surface area contributed by atoms with Gasteiger partial charge in [0.25, 0.3) is 11.6 Å². The van der Waals surface area contributed by atoms with Crippen LogP contribution in [0.15, 0.2) is 48.5 Å². The average Bonchev–Trinajstić information content (AvgIpc) is 2.61. The number of anilines is 1. The Balaban J connectivity index is 2.04. The van der Waals surface area contributed by atoms with E-state index in [-0.39, 0.29) is 10.8 Å². The van der Waals surface area contributed by atoms with Crippen LogP contribution in [0.1, 0.15) is 15.9 Å². The largest absolute Gasteiger partial charge is 0.339 e. The third-order valence-electron chi connectivity index (χ3n) is 3.53. The molecule has 0 saturated carbocycles. The first-order valence-corrected chi connectivity index (χ1v) is 9.36. The minimum absolute atomic E-state index is 0.0504. The summed E-state index contributed by atoms with van der Waals surface area (Å²) in [5.74, 6) is -0.457. The highest BCUT2D eigenvalue weighted by Gasteiger charge is 2.34. The van der Waals surface area contributed by atoms with E-state index in [2.05, 4.69) is 16.0 Å². The lowest BCUT2D eigenvalue weighted by Gasteiger charge is -2.27. The molecule has 0 heterocycles. The van der Waals surface area contributed by atoms with Crippen molar-refractivity contribution < 1.29 is 9.72 Å². The number of thiocarbonyl (C=S) groups is 1. The van der Waals surface area contributed by atoms with Crippen molar-refractivity contribution in [2.24, 2.45) is 0 Å². The van der Waals surface area contributed by atoms with Gasteiger partial charge in [0.05, 0.1) is 4.92 Å². The van der Waals surface area contributed by atoms with Crippen LogP contribution in [0.3, 0.4) is 0 Å². The summed E-state index contributed by atoms with van der Waals surface area (Å²) >= 11 is 23.0. The maximum Gasteiger partial charge on any atom is 0.269 e. The number of nitrogens with one attached hydrogen (secondary N) is 3. The van der Waals surface area contributed by atoms with Crippen LogP contribution in [0.2, 0.25) is 0 Å². The van der Waals surface area contributed by atoms with Crippen LogP contribution in [-0.4, -0.2) is 25.9 Å². The van der Waals surface area contributed by atoms with Crippen LogP contribution in [0, 0.1) is 17.0 Å². The van der Waals surface area contributed by atoms with Crippen molar-refractivity contribution in [3.8, 4) is 0 Å². The van der Waals surface area contributed by atoms with Gasteiger partial charge in [-0.1, -0.05) is 52.5 Å². The summed E-state index contributed by atoms with van der Waals surface area (Å²) < 4.78 is -1.90. The highest BCUT2D eigenvalue weighted by molar-refractivity contribution is 7.80. The number of benzene rings is 2. The average molecular weight is 462 g/mol. The molecule has 1 amide bonds. The summed E-state index contributed by atoms with van der Waals surface area (Å²) in [6.45, 7) is 1.90. The Bertz CT molecular complexity index is 871. The Kier molecular flexibility index (Phi) is 7.42. The number of alkyl halides is 3. The van der Waals surface area contributed by atoms with Gasteiger partial charge in [0, 0.05) is 23.4 Å². The molecule has 11 heteroatoms. The summed E-state index contributed by atoms with van der Waals surface area (Å²) in [7, 11) is 0. The van der Waals surface area contributed by atoms with E-state index in [0.29, 0.717) is 11.3 Å². The van der Waals surface area contributed by atoms with E-state index < -0.39 is 20.8 Å². The third kappa shape index (κ3) is 6.49. The molecule has 1 atom stereocenters. The van der Waals surface area contributed by atoms with Gasteiger partial charge < -0.3 is 16.0 Å². The molecule has 148 valence electrons. The van der Waals surface area contributed by atoms with Crippen LogP contribution in [0.4, 0.5) is 11.4 Å². The highest BCUT2D eigenvalue weighted by Crippen LogP contribution is 2.29.